The number of aromatic nitrogens is 2. The molecule has 0 spiro atoms. The van der Waals surface area contributed by atoms with Gasteiger partial charge in [0, 0.05) is 22.8 Å². The highest BCUT2D eigenvalue weighted by Crippen LogP contribution is 2.28. The van der Waals surface area contributed by atoms with Gasteiger partial charge in [-0.25, -0.2) is 4.98 Å². The molecule has 31 heavy (non-hydrogen) atoms. The normalized spacial score (nSPS) is 11.5. The van der Waals surface area contributed by atoms with Gasteiger partial charge in [0.2, 0.25) is 0 Å². The van der Waals surface area contributed by atoms with Crippen LogP contribution in [0, 0.1) is 11.3 Å². The van der Waals surface area contributed by atoms with Crippen LogP contribution in [0.3, 0.4) is 0 Å². The first-order valence-electron chi connectivity index (χ1n) is 9.60. The number of thiophene rings is 1. The fourth-order valence-corrected chi connectivity index (χ4v) is 4.07. The van der Waals surface area contributed by atoms with Crippen LogP contribution in [0.4, 0.5) is 0 Å². The molecule has 1 unspecified atom stereocenters. The van der Waals surface area contributed by atoms with Crippen LogP contribution in [0.25, 0.3) is 10.4 Å². The van der Waals surface area contributed by atoms with Gasteiger partial charge in [-0.3, -0.25) is 9.59 Å². The number of nitrogens with one attached hydrogen (secondary N) is 1. The molecule has 4 aromatic rings. The van der Waals surface area contributed by atoms with Crippen molar-refractivity contribution in [3.8, 4) is 16.5 Å². The van der Waals surface area contributed by atoms with E-state index in [9.17, 15) is 9.59 Å². The fourth-order valence-electron chi connectivity index (χ4n) is 3.16. The third-order valence-electron chi connectivity index (χ3n) is 4.76. The molecule has 0 aliphatic rings. The number of Topliss-reactive ketones (excluding diaryl/α,β-unsaturated/α-hetero) is 1. The average Bonchev–Trinajstić information content (AvgIpc) is 3.51. The lowest BCUT2D eigenvalue weighted by Crippen LogP contribution is -2.43. The van der Waals surface area contributed by atoms with E-state index < -0.39 is 6.04 Å². The summed E-state index contributed by atoms with van der Waals surface area (Å²) in [7, 11) is 0. The molecule has 2 aromatic carbocycles. The van der Waals surface area contributed by atoms with Gasteiger partial charge in [-0.2, -0.15) is 5.26 Å². The zero-order valence-corrected chi connectivity index (χ0v) is 17.3. The van der Waals surface area contributed by atoms with E-state index in [2.05, 4.69) is 16.4 Å². The number of imidazole rings is 1. The van der Waals surface area contributed by atoms with Gasteiger partial charge in [0.1, 0.15) is 6.04 Å². The molecule has 6 nitrogen and oxygen atoms in total. The van der Waals surface area contributed by atoms with Crippen molar-refractivity contribution in [3.05, 3.63) is 101 Å². The average molecular weight is 427 g/mol. The van der Waals surface area contributed by atoms with Crippen molar-refractivity contribution in [1.82, 2.24) is 14.9 Å². The van der Waals surface area contributed by atoms with Crippen molar-refractivity contribution in [2.24, 2.45) is 0 Å². The lowest BCUT2D eigenvalue weighted by Gasteiger charge is -2.18. The second-order valence-corrected chi connectivity index (χ2v) is 7.95. The Morgan fingerprint density at radius 2 is 1.84 bits per heavy atom. The van der Waals surface area contributed by atoms with Gasteiger partial charge >= 0.3 is 0 Å². The molecule has 1 N–H and O–H groups in total. The predicted molar refractivity (Wildman–Crippen MR) is 119 cm³/mol. The largest absolute Gasteiger partial charge is 0.339 e. The Morgan fingerprint density at radius 1 is 1.06 bits per heavy atom. The summed E-state index contributed by atoms with van der Waals surface area (Å²) in [6.45, 7) is 0.285. The highest BCUT2D eigenvalue weighted by Gasteiger charge is 2.24. The number of nitrogens with zero attached hydrogens (tertiary/aromatic N) is 3. The second-order valence-electron chi connectivity index (χ2n) is 6.87. The predicted octanol–water partition coefficient (Wildman–Crippen LogP) is 4.16. The Hall–Kier alpha value is -4.02. The highest BCUT2D eigenvalue weighted by atomic mass is 32.1. The number of amides is 1. The molecule has 0 radical (unpaired) electrons. The summed E-state index contributed by atoms with van der Waals surface area (Å²) in [6.07, 6.45) is 5.01. The number of benzene rings is 2. The molecule has 4 rings (SSSR count). The summed E-state index contributed by atoms with van der Waals surface area (Å²) < 4.78 is 1.77. The molecule has 7 heteroatoms. The number of carbonyl (C=O) groups excluding carboxylic acids is 2. The van der Waals surface area contributed by atoms with Crippen LogP contribution in [-0.4, -0.2) is 27.3 Å². The maximum atomic E-state index is 13.1. The maximum absolute atomic E-state index is 13.1. The number of carbonyl (C=O) groups is 2. The molecular formula is C24H18N4O2S. The highest BCUT2D eigenvalue weighted by molar-refractivity contribution is 7.17. The Balaban J connectivity index is 1.54. The molecule has 0 aliphatic heterocycles. The van der Waals surface area contributed by atoms with E-state index in [1.165, 1.54) is 11.3 Å². The number of nitriles is 1. The number of ketones is 1. The quantitative estimate of drug-likeness (QED) is 0.450. The molecule has 0 saturated carbocycles. The summed E-state index contributed by atoms with van der Waals surface area (Å²) in [6, 6.07) is 21.1. The van der Waals surface area contributed by atoms with E-state index in [-0.39, 0.29) is 18.2 Å². The lowest BCUT2D eigenvalue weighted by atomic mass is 10.0. The molecule has 0 saturated heterocycles. The number of rotatable bonds is 7. The van der Waals surface area contributed by atoms with Crippen LogP contribution in [0.1, 0.15) is 25.6 Å². The second kappa shape index (κ2) is 9.20. The van der Waals surface area contributed by atoms with Gasteiger partial charge < -0.3 is 9.88 Å². The molecule has 0 fully saturated rings. The van der Waals surface area contributed by atoms with E-state index in [0.717, 1.165) is 10.4 Å². The van der Waals surface area contributed by atoms with Gasteiger partial charge in [0.25, 0.3) is 5.91 Å². The summed E-state index contributed by atoms with van der Waals surface area (Å²) >= 11 is 1.34. The molecule has 2 aromatic heterocycles. The van der Waals surface area contributed by atoms with Gasteiger partial charge in [0.15, 0.2) is 5.78 Å². The van der Waals surface area contributed by atoms with Crippen molar-refractivity contribution >= 4 is 23.0 Å². The van der Waals surface area contributed by atoms with E-state index in [1.54, 1.807) is 65.8 Å². The SMILES string of the molecule is N#Cc1ccc(-c2ccc(C(=O)NC(Cn3ccnc3)C(=O)c3ccccc3)s2)cc1. The first kappa shape index (κ1) is 20.3. The molecule has 1 atom stereocenters. The van der Waals surface area contributed by atoms with Gasteiger partial charge in [-0.1, -0.05) is 42.5 Å². The van der Waals surface area contributed by atoms with Gasteiger partial charge in [-0.05, 0) is 29.8 Å². The van der Waals surface area contributed by atoms with E-state index in [1.807, 2.05) is 24.3 Å². The van der Waals surface area contributed by atoms with Crippen molar-refractivity contribution in [2.45, 2.75) is 12.6 Å². The van der Waals surface area contributed by atoms with Crippen LogP contribution in [0.15, 0.2) is 85.5 Å². The zero-order valence-electron chi connectivity index (χ0n) is 16.4. The van der Waals surface area contributed by atoms with E-state index >= 15 is 0 Å². The van der Waals surface area contributed by atoms with E-state index in [4.69, 9.17) is 5.26 Å². The van der Waals surface area contributed by atoms with Gasteiger partial charge in [-0.15, -0.1) is 11.3 Å². The van der Waals surface area contributed by atoms with Crippen LogP contribution in [0.2, 0.25) is 0 Å². The van der Waals surface area contributed by atoms with Crippen molar-refractivity contribution in [2.75, 3.05) is 0 Å². The number of hydrogen-bond donors (Lipinski definition) is 1. The van der Waals surface area contributed by atoms with Crippen LogP contribution in [-0.2, 0) is 6.54 Å². The van der Waals surface area contributed by atoms with Gasteiger partial charge in [0.05, 0.1) is 29.4 Å². The third kappa shape index (κ3) is 4.77. The van der Waals surface area contributed by atoms with Crippen molar-refractivity contribution in [3.63, 3.8) is 0 Å². The first-order valence-corrected chi connectivity index (χ1v) is 10.4. The Kier molecular flexibility index (Phi) is 6.01. The van der Waals surface area contributed by atoms with Crippen molar-refractivity contribution < 1.29 is 9.59 Å². The summed E-state index contributed by atoms with van der Waals surface area (Å²) in [5.41, 5.74) is 2.05. The maximum Gasteiger partial charge on any atom is 0.262 e. The minimum Gasteiger partial charge on any atom is -0.339 e. The Morgan fingerprint density at radius 3 is 2.52 bits per heavy atom. The zero-order chi connectivity index (χ0) is 21.6. The fraction of sp³-hybridized carbons (Fsp3) is 0.0833. The minimum absolute atomic E-state index is 0.161. The van der Waals surface area contributed by atoms with Crippen molar-refractivity contribution in [1.29, 1.82) is 5.26 Å². The standard InChI is InChI=1S/C24H18N4O2S/c25-14-17-6-8-18(9-7-17)21-10-11-22(31-21)24(30)27-20(15-28-13-12-26-16-28)23(29)19-4-2-1-3-5-19/h1-13,16,20H,15H2,(H,27,30). The Bertz CT molecular complexity index is 1220. The smallest absolute Gasteiger partial charge is 0.262 e. The number of hydrogen-bond acceptors (Lipinski definition) is 5. The minimum atomic E-state index is -0.732. The summed E-state index contributed by atoms with van der Waals surface area (Å²) in [5, 5.41) is 11.8. The molecule has 152 valence electrons. The first-order chi connectivity index (χ1) is 15.1. The van der Waals surface area contributed by atoms with E-state index in [0.29, 0.717) is 16.0 Å². The Labute approximate surface area is 183 Å². The monoisotopic (exact) mass is 426 g/mol. The lowest BCUT2D eigenvalue weighted by molar-refractivity contribution is 0.0850. The third-order valence-corrected chi connectivity index (χ3v) is 5.89. The molecule has 0 aliphatic carbocycles. The molecule has 2 heterocycles. The molecule has 0 bridgehead atoms. The topological polar surface area (TPSA) is 87.8 Å². The summed E-state index contributed by atoms with van der Waals surface area (Å²) in [4.78, 5) is 31.4. The summed E-state index contributed by atoms with van der Waals surface area (Å²) in [5.74, 6) is -0.467. The molecular weight excluding hydrogens is 408 g/mol. The van der Waals surface area contributed by atoms with Crippen LogP contribution in [0.5, 0.6) is 0 Å². The molecule has 1 amide bonds. The van der Waals surface area contributed by atoms with Crippen LogP contribution < -0.4 is 5.32 Å². The van der Waals surface area contributed by atoms with Crippen LogP contribution >= 0.6 is 11.3 Å².